The minimum atomic E-state index is 0.0741. The van der Waals surface area contributed by atoms with E-state index in [4.69, 9.17) is 11.6 Å². The lowest BCUT2D eigenvalue weighted by Gasteiger charge is -2.37. The van der Waals surface area contributed by atoms with Crippen molar-refractivity contribution >= 4 is 17.5 Å². The van der Waals surface area contributed by atoms with Crippen molar-refractivity contribution in [1.82, 2.24) is 10.2 Å². The molecule has 1 N–H and O–H groups in total. The highest BCUT2D eigenvalue weighted by Gasteiger charge is 2.25. The molecule has 3 nitrogen and oxygen atoms in total. The number of hydrogen-bond acceptors (Lipinski definition) is 2. The first-order chi connectivity index (χ1) is 10.1. The van der Waals surface area contributed by atoms with E-state index in [1.807, 2.05) is 12.1 Å². The number of carbonyl (C=O) groups excluding carboxylic acids is 1. The van der Waals surface area contributed by atoms with Gasteiger partial charge in [0.15, 0.2) is 0 Å². The number of amides is 1. The first-order valence-electron chi connectivity index (χ1n) is 7.84. The van der Waals surface area contributed by atoms with E-state index in [1.54, 1.807) is 6.92 Å². The SMILES string of the molecule is CC[C@H](c1ccc(Cl)cc1)N1CCC(CNC(C)=O)CC1. The molecule has 1 aliphatic rings. The first kappa shape index (κ1) is 16.3. The molecule has 0 radical (unpaired) electrons. The minimum absolute atomic E-state index is 0.0741. The summed E-state index contributed by atoms with van der Waals surface area (Å²) < 4.78 is 0. The monoisotopic (exact) mass is 308 g/mol. The molecule has 21 heavy (non-hydrogen) atoms. The second kappa shape index (κ2) is 7.81. The van der Waals surface area contributed by atoms with E-state index in [1.165, 1.54) is 5.56 Å². The zero-order valence-corrected chi connectivity index (χ0v) is 13.7. The summed E-state index contributed by atoms with van der Waals surface area (Å²) in [6.45, 7) is 6.85. The Balaban J connectivity index is 1.90. The molecule has 0 aromatic heterocycles. The van der Waals surface area contributed by atoms with E-state index in [2.05, 4.69) is 29.3 Å². The summed E-state index contributed by atoms with van der Waals surface area (Å²) in [5.74, 6) is 0.693. The van der Waals surface area contributed by atoms with Gasteiger partial charge in [-0.15, -0.1) is 0 Å². The lowest BCUT2D eigenvalue weighted by Crippen LogP contribution is -2.39. The molecule has 0 bridgehead atoms. The number of halogens is 1. The lowest BCUT2D eigenvalue weighted by molar-refractivity contribution is -0.119. The van der Waals surface area contributed by atoms with Gasteiger partial charge in [0, 0.05) is 24.5 Å². The average Bonchev–Trinajstić information content (AvgIpc) is 2.49. The molecule has 1 aromatic rings. The van der Waals surface area contributed by atoms with E-state index < -0.39 is 0 Å². The summed E-state index contributed by atoms with van der Waals surface area (Å²) in [6.07, 6.45) is 3.42. The van der Waals surface area contributed by atoms with Crippen LogP contribution in [0.15, 0.2) is 24.3 Å². The molecule has 2 rings (SSSR count). The topological polar surface area (TPSA) is 32.3 Å². The number of likely N-dealkylation sites (tertiary alicyclic amines) is 1. The van der Waals surface area contributed by atoms with Crippen molar-refractivity contribution < 1.29 is 4.79 Å². The summed E-state index contributed by atoms with van der Waals surface area (Å²) in [4.78, 5) is 13.5. The zero-order valence-electron chi connectivity index (χ0n) is 12.9. The van der Waals surface area contributed by atoms with Crippen LogP contribution in [-0.2, 0) is 4.79 Å². The standard InChI is InChI=1S/C17H25ClN2O/c1-3-17(15-4-6-16(18)7-5-15)20-10-8-14(9-11-20)12-19-13(2)21/h4-7,14,17H,3,8-12H2,1-2H3,(H,19,21)/t17-/m1/s1. The molecular formula is C17H25ClN2O. The molecule has 1 aromatic carbocycles. The van der Waals surface area contributed by atoms with Crippen LogP contribution in [-0.4, -0.2) is 30.4 Å². The van der Waals surface area contributed by atoms with Crippen molar-refractivity contribution in [3.05, 3.63) is 34.9 Å². The Morgan fingerprint density at radius 2 is 1.95 bits per heavy atom. The first-order valence-corrected chi connectivity index (χ1v) is 8.22. The van der Waals surface area contributed by atoms with Crippen molar-refractivity contribution in [2.45, 2.75) is 39.2 Å². The Morgan fingerprint density at radius 3 is 2.48 bits per heavy atom. The lowest BCUT2D eigenvalue weighted by atomic mass is 9.93. The predicted molar refractivity (Wildman–Crippen MR) is 87.5 cm³/mol. The van der Waals surface area contributed by atoms with Gasteiger partial charge in [-0.25, -0.2) is 0 Å². The maximum atomic E-state index is 11.0. The van der Waals surface area contributed by atoms with Crippen LogP contribution >= 0.6 is 11.6 Å². The average molecular weight is 309 g/mol. The van der Waals surface area contributed by atoms with Crippen molar-refractivity contribution in [3.8, 4) is 0 Å². The fourth-order valence-electron chi connectivity index (χ4n) is 3.15. The van der Waals surface area contributed by atoms with Gasteiger partial charge in [-0.05, 0) is 56.0 Å². The molecule has 0 spiro atoms. The van der Waals surface area contributed by atoms with Crippen molar-refractivity contribution in [3.63, 3.8) is 0 Å². The molecule has 4 heteroatoms. The van der Waals surface area contributed by atoms with E-state index in [0.717, 1.165) is 43.9 Å². The molecule has 0 aliphatic carbocycles. The highest BCUT2D eigenvalue weighted by atomic mass is 35.5. The number of hydrogen-bond donors (Lipinski definition) is 1. The number of nitrogens with one attached hydrogen (secondary N) is 1. The quantitative estimate of drug-likeness (QED) is 0.900. The second-order valence-electron chi connectivity index (χ2n) is 5.89. The molecule has 1 heterocycles. The predicted octanol–water partition coefficient (Wildman–Crippen LogP) is 3.64. The van der Waals surface area contributed by atoms with Gasteiger partial charge in [-0.3, -0.25) is 9.69 Å². The number of carbonyl (C=O) groups is 1. The van der Waals surface area contributed by atoms with E-state index in [-0.39, 0.29) is 5.91 Å². The van der Waals surface area contributed by atoms with Crippen LogP contribution in [0.1, 0.15) is 44.7 Å². The molecule has 1 atom stereocenters. The third kappa shape index (κ3) is 4.72. The van der Waals surface area contributed by atoms with Gasteiger partial charge >= 0.3 is 0 Å². The minimum Gasteiger partial charge on any atom is -0.356 e. The second-order valence-corrected chi connectivity index (χ2v) is 6.33. The van der Waals surface area contributed by atoms with E-state index >= 15 is 0 Å². The number of nitrogens with zero attached hydrogens (tertiary/aromatic N) is 1. The maximum absolute atomic E-state index is 11.0. The Bertz CT molecular complexity index is 452. The number of rotatable bonds is 5. The Morgan fingerprint density at radius 1 is 1.33 bits per heavy atom. The fraction of sp³-hybridized carbons (Fsp3) is 0.588. The van der Waals surface area contributed by atoms with Crippen molar-refractivity contribution in [2.75, 3.05) is 19.6 Å². The fourth-order valence-corrected chi connectivity index (χ4v) is 3.27. The molecule has 0 saturated carbocycles. The van der Waals surface area contributed by atoms with Gasteiger partial charge in [-0.1, -0.05) is 30.7 Å². The summed E-state index contributed by atoms with van der Waals surface area (Å²) in [7, 11) is 0. The summed E-state index contributed by atoms with van der Waals surface area (Å²) in [5, 5.41) is 3.73. The van der Waals surface area contributed by atoms with Crippen molar-refractivity contribution in [1.29, 1.82) is 0 Å². The Labute approximate surface area is 132 Å². The van der Waals surface area contributed by atoms with Crippen LogP contribution in [0.4, 0.5) is 0 Å². The van der Waals surface area contributed by atoms with E-state index in [9.17, 15) is 4.79 Å². The molecule has 1 fully saturated rings. The highest BCUT2D eigenvalue weighted by molar-refractivity contribution is 6.30. The van der Waals surface area contributed by atoms with Gasteiger partial charge < -0.3 is 5.32 Å². The number of benzene rings is 1. The Kier molecular flexibility index (Phi) is 6.07. The largest absolute Gasteiger partial charge is 0.356 e. The zero-order chi connectivity index (χ0) is 15.2. The van der Waals surface area contributed by atoms with Crippen molar-refractivity contribution in [2.24, 2.45) is 5.92 Å². The van der Waals surface area contributed by atoms with E-state index in [0.29, 0.717) is 12.0 Å². The molecule has 0 unspecified atom stereocenters. The molecule has 1 aliphatic heterocycles. The summed E-state index contributed by atoms with van der Waals surface area (Å²) >= 11 is 5.98. The van der Waals surface area contributed by atoms with Crippen LogP contribution < -0.4 is 5.32 Å². The van der Waals surface area contributed by atoms with Crippen LogP contribution in [0, 0.1) is 5.92 Å². The molecule has 1 saturated heterocycles. The van der Waals surface area contributed by atoms with Crippen LogP contribution in [0.2, 0.25) is 5.02 Å². The van der Waals surface area contributed by atoms with Gasteiger partial charge in [0.05, 0.1) is 0 Å². The van der Waals surface area contributed by atoms with Gasteiger partial charge in [0.25, 0.3) is 0 Å². The maximum Gasteiger partial charge on any atom is 0.216 e. The summed E-state index contributed by atoms with van der Waals surface area (Å²) in [5.41, 5.74) is 1.35. The number of piperidine rings is 1. The molecular weight excluding hydrogens is 284 g/mol. The highest BCUT2D eigenvalue weighted by Crippen LogP contribution is 2.29. The third-order valence-corrected chi connectivity index (χ3v) is 4.62. The summed E-state index contributed by atoms with van der Waals surface area (Å²) in [6, 6.07) is 8.70. The van der Waals surface area contributed by atoms with Crippen LogP contribution in [0.3, 0.4) is 0 Å². The van der Waals surface area contributed by atoms with Gasteiger partial charge in [-0.2, -0.15) is 0 Å². The van der Waals surface area contributed by atoms with Gasteiger partial charge in [0.1, 0.15) is 0 Å². The van der Waals surface area contributed by atoms with Crippen LogP contribution in [0.25, 0.3) is 0 Å². The van der Waals surface area contributed by atoms with Crippen LogP contribution in [0.5, 0.6) is 0 Å². The molecule has 116 valence electrons. The molecule has 1 amide bonds. The normalized spacial score (nSPS) is 18.4. The smallest absolute Gasteiger partial charge is 0.216 e. The third-order valence-electron chi connectivity index (χ3n) is 4.37. The Hall–Kier alpha value is -1.06. The van der Waals surface area contributed by atoms with Gasteiger partial charge in [0.2, 0.25) is 5.91 Å².